The first kappa shape index (κ1) is 12.5. The molecular weight excluding hydrogens is 206 g/mol. The minimum absolute atomic E-state index is 0.804. The lowest BCUT2D eigenvalue weighted by atomic mass is 10.00. The van der Waals surface area contributed by atoms with Crippen LogP contribution in [0.15, 0.2) is 12.1 Å². The number of halogens is 1. The highest BCUT2D eigenvalue weighted by atomic mass is 35.5. The van der Waals surface area contributed by atoms with Crippen molar-refractivity contribution in [2.24, 2.45) is 5.73 Å². The molecule has 84 valence electrons. The fourth-order valence-corrected chi connectivity index (χ4v) is 1.96. The second kappa shape index (κ2) is 6.14. The lowest BCUT2D eigenvalue weighted by Crippen LogP contribution is -1.99. The highest BCUT2D eigenvalue weighted by Gasteiger charge is 2.02. The molecule has 0 unspecified atom stereocenters. The lowest BCUT2D eigenvalue weighted by molar-refractivity contribution is 0.685. The molecule has 1 aromatic carbocycles. The van der Waals surface area contributed by atoms with Crippen LogP contribution in [0, 0.1) is 13.8 Å². The highest BCUT2D eigenvalue weighted by molar-refractivity contribution is 6.31. The number of aryl methyl sites for hydroxylation is 3. The van der Waals surface area contributed by atoms with Gasteiger partial charge in [0.25, 0.3) is 0 Å². The van der Waals surface area contributed by atoms with Crippen LogP contribution in [0.25, 0.3) is 0 Å². The van der Waals surface area contributed by atoms with E-state index in [2.05, 4.69) is 26.0 Å². The van der Waals surface area contributed by atoms with Gasteiger partial charge < -0.3 is 5.73 Å². The number of nitrogens with two attached hydrogens (primary N) is 1. The Labute approximate surface area is 97.6 Å². The van der Waals surface area contributed by atoms with Crippen molar-refractivity contribution in [1.29, 1.82) is 0 Å². The molecule has 1 nitrogen and oxygen atoms in total. The molecule has 1 rings (SSSR count). The van der Waals surface area contributed by atoms with Gasteiger partial charge >= 0.3 is 0 Å². The summed E-state index contributed by atoms with van der Waals surface area (Å²) < 4.78 is 0. The molecule has 0 radical (unpaired) electrons. The summed E-state index contributed by atoms with van der Waals surface area (Å²) in [4.78, 5) is 0. The van der Waals surface area contributed by atoms with Crippen LogP contribution in [0.5, 0.6) is 0 Å². The SMILES string of the molecule is Cc1cc(CCCCCN)c(C)cc1Cl. The van der Waals surface area contributed by atoms with Gasteiger partial charge in [-0.3, -0.25) is 0 Å². The molecule has 0 heterocycles. The highest BCUT2D eigenvalue weighted by Crippen LogP contribution is 2.21. The summed E-state index contributed by atoms with van der Waals surface area (Å²) in [5.41, 5.74) is 9.37. The average Bonchev–Trinajstić information content (AvgIpc) is 2.20. The van der Waals surface area contributed by atoms with E-state index >= 15 is 0 Å². The minimum atomic E-state index is 0.804. The third-order valence-corrected chi connectivity index (χ3v) is 3.17. The summed E-state index contributed by atoms with van der Waals surface area (Å²) in [5.74, 6) is 0. The van der Waals surface area contributed by atoms with Gasteiger partial charge in [0.15, 0.2) is 0 Å². The Morgan fingerprint density at radius 2 is 1.80 bits per heavy atom. The summed E-state index contributed by atoms with van der Waals surface area (Å²) in [6, 6.07) is 4.27. The molecule has 0 atom stereocenters. The number of benzene rings is 1. The van der Waals surface area contributed by atoms with Gasteiger partial charge in [-0.15, -0.1) is 0 Å². The Kier molecular flexibility index (Phi) is 5.13. The van der Waals surface area contributed by atoms with Crippen molar-refractivity contribution in [1.82, 2.24) is 0 Å². The summed E-state index contributed by atoms with van der Waals surface area (Å²) in [7, 11) is 0. The fraction of sp³-hybridized carbons (Fsp3) is 0.538. The molecule has 2 heteroatoms. The molecule has 2 N–H and O–H groups in total. The normalized spacial score (nSPS) is 10.7. The topological polar surface area (TPSA) is 26.0 Å². The van der Waals surface area contributed by atoms with Crippen LogP contribution < -0.4 is 5.73 Å². The van der Waals surface area contributed by atoms with E-state index in [4.69, 9.17) is 17.3 Å². The molecule has 15 heavy (non-hydrogen) atoms. The molecular formula is C13H20ClN. The van der Waals surface area contributed by atoms with Crippen molar-refractivity contribution in [2.45, 2.75) is 39.5 Å². The van der Waals surface area contributed by atoms with E-state index in [1.165, 1.54) is 29.5 Å². The minimum Gasteiger partial charge on any atom is -0.330 e. The zero-order valence-electron chi connectivity index (χ0n) is 9.65. The fourth-order valence-electron chi connectivity index (χ4n) is 1.75. The quantitative estimate of drug-likeness (QED) is 0.761. The van der Waals surface area contributed by atoms with E-state index in [1.54, 1.807) is 0 Å². The van der Waals surface area contributed by atoms with Gasteiger partial charge in [0.05, 0.1) is 0 Å². The first-order valence-corrected chi connectivity index (χ1v) is 5.98. The Morgan fingerprint density at radius 3 is 2.47 bits per heavy atom. The van der Waals surface area contributed by atoms with Crippen LogP contribution in [0.3, 0.4) is 0 Å². The molecule has 0 aromatic heterocycles. The van der Waals surface area contributed by atoms with Gasteiger partial charge in [0.2, 0.25) is 0 Å². The van der Waals surface area contributed by atoms with E-state index in [0.717, 1.165) is 24.4 Å². The van der Waals surface area contributed by atoms with Crippen LogP contribution in [0.1, 0.15) is 36.0 Å². The first-order valence-electron chi connectivity index (χ1n) is 5.61. The average molecular weight is 226 g/mol. The number of unbranched alkanes of at least 4 members (excludes halogenated alkanes) is 2. The first-order chi connectivity index (χ1) is 7.15. The zero-order valence-corrected chi connectivity index (χ0v) is 10.4. The van der Waals surface area contributed by atoms with Gasteiger partial charge in [-0.05, 0) is 62.4 Å². The number of hydrogen-bond donors (Lipinski definition) is 1. The Morgan fingerprint density at radius 1 is 1.07 bits per heavy atom. The van der Waals surface area contributed by atoms with Crippen LogP contribution in [0.2, 0.25) is 5.02 Å². The van der Waals surface area contributed by atoms with Crippen molar-refractivity contribution in [3.8, 4) is 0 Å². The standard InChI is InChI=1S/C13H20ClN/c1-10-9-13(14)11(2)8-12(10)6-4-3-5-7-15/h8-9H,3-7,15H2,1-2H3. The van der Waals surface area contributed by atoms with Gasteiger partial charge in [0.1, 0.15) is 0 Å². The molecule has 0 aliphatic heterocycles. The maximum Gasteiger partial charge on any atom is 0.0438 e. The van der Waals surface area contributed by atoms with Crippen LogP contribution in [-0.4, -0.2) is 6.54 Å². The summed E-state index contributed by atoms with van der Waals surface area (Å²) in [5, 5.41) is 0.873. The largest absolute Gasteiger partial charge is 0.330 e. The molecule has 0 fully saturated rings. The van der Waals surface area contributed by atoms with E-state index < -0.39 is 0 Å². The third kappa shape index (κ3) is 3.84. The maximum atomic E-state index is 6.05. The van der Waals surface area contributed by atoms with Gasteiger partial charge in [-0.1, -0.05) is 24.1 Å². The number of hydrogen-bond acceptors (Lipinski definition) is 1. The molecule has 0 bridgehead atoms. The summed E-state index contributed by atoms with van der Waals surface area (Å²) in [6.07, 6.45) is 4.71. The molecule has 0 saturated carbocycles. The van der Waals surface area contributed by atoms with Crippen molar-refractivity contribution in [3.63, 3.8) is 0 Å². The molecule has 0 aliphatic rings. The van der Waals surface area contributed by atoms with Crippen LogP contribution >= 0.6 is 11.6 Å². The molecule has 0 saturated heterocycles. The third-order valence-electron chi connectivity index (χ3n) is 2.77. The van der Waals surface area contributed by atoms with Crippen LogP contribution in [0.4, 0.5) is 0 Å². The number of rotatable bonds is 5. The molecule has 1 aromatic rings. The Bertz CT molecular complexity index is 321. The van der Waals surface area contributed by atoms with E-state index in [-0.39, 0.29) is 0 Å². The molecule has 0 amide bonds. The Hall–Kier alpha value is -0.530. The van der Waals surface area contributed by atoms with Gasteiger partial charge in [-0.25, -0.2) is 0 Å². The monoisotopic (exact) mass is 225 g/mol. The maximum absolute atomic E-state index is 6.05. The predicted octanol–water partition coefficient (Wildman–Crippen LogP) is 3.63. The molecule has 0 aliphatic carbocycles. The predicted molar refractivity (Wildman–Crippen MR) is 67.5 cm³/mol. The van der Waals surface area contributed by atoms with Crippen molar-refractivity contribution in [2.75, 3.05) is 6.54 Å². The van der Waals surface area contributed by atoms with Crippen molar-refractivity contribution < 1.29 is 0 Å². The molecule has 0 spiro atoms. The lowest BCUT2D eigenvalue weighted by Gasteiger charge is -2.08. The second-order valence-corrected chi connectivity index (χ2v) is 4.53. The summed E-state index contributed by atoms with van der Waals surface area (Å²) in [6.45, 7) is 4.99. The van der Waals surface area contributed by atoms with Gasteiger partial charge in [-0.2, -0.15) is 0 Å². The van der Waals surface area contributed by atoms with E-state index in [9.17, 15) is 0 Å². The van der Waals surface area contributed by atoms with Crippen molar-refractivity contribution >= 4 is 11.6 Å². The smallest absolute Gasteiger partial charge is 0.0438 e. The van der Waals surface area contributed by atoms with Gasteiger partial charge in [0, 0.05) is 5.02 Å². The van der Waals surface area contributed by atoms with Crippen molar-refractivity contribution in [3.05, 3.63) is 33.8 Å². The van der Waals surface area contributed by atoms with E-state index in [0.29, 0.717) is 0 Å². The summed E-state index contributed by atoms with van der Waals surface area (Å²) >= 11 is 6.05. The Balaban J connectivity index is 2.57. The zero-order chi connectivity index (χ0) is 11.3. The van der Waals surface area contributed by atoms with E-state index in [1.807, 2.05) is 0 Å². The second-order valence-electron chi connectivity index (χ2n) is 4.13. The van der Waals surface area contributed by atoms with Crippen LogP contribution in [-0.2, 0) is 6.42 Å².